The molecular weight excluding hydrogens is 356 g/mol. The molecule has 2 aromatic heterocycles. The Morgan fingerprint density at radius 2 is 1.61 bits per heavy atom. The summed E-state index contributed by atoms with van der Waals surface area (Å²) in [5.74, 6) is -0.755. The fourth-order valence-electron chi connectivity index (χ4n) is 2.88. The van der Waals surface area contributed by atoms with Crippen molar-refractivity contribution < 1.29 is 15.0 Å². The second kappa shape index (κ2) is 6.96. The number of phenols is 1. The molecule has 0 amide bonds. The minimum Gasteiger partial charge on any atom is -0.508 e. The molecule has 0 fully saturated rings. The number of rotatable bonds is 4. The average Bonchev–Trinajstić information content (AvgIpc) is 3.18. The van der Waals surface area contributed by atoms with E-state index in [0.29, 0.717) is 5.69 Å². The molecule has 0 bridgehead atoms. The largest absolute Gasteiger partial charge is 0.508 e. The van der Waals surface area contributed by atoms with E-state index in [4.69, 9.17) is 5.11 Å². The first-order valence-electron chi connectivity index (χ1n) is 8.54. The molecule has 138 valence electrons. The normalized spacial score (nSPS) is 10.8. The second-order valence-electron chi connectivity index (χ2n) is 6.33. The van der Waals surface area contributed by atoms with Crippen LogP contribution in [0.25, 0.3) is 28.2 Å². The van der Waals surface area contributed by atoms with Crippen LogP contribution < -0.4 is 0 Å². The van der Waals surface area contributed by atoms with Crippen LogP contribution >= 0.6 is 0 Å². The Kier molecular flexibility index (Phi) is 4.33. The Bertz CT molecular complexity index is 1150. The highest BCUT2D eigenvalue weighted by molar-refractivity contribution is 5.88. The summed E-state index contributed by atoms with van der Waals surface area (Å²) in [5.41, 5.74) is 5.11. The number of pyridine rings is 1. The van der Waals surface area contributed by atoms with Gasteiger partial charge in [-0.15, -0.1) is 5.10 Å². The van der Waals surface area contributed by atoms with E-state index in [2.05, 4.69) is 15.3 Å². The maximum atomic E-state index is 11.0. The van der Waals surface area contributed by atoms with Crippen LogP contribution in [-0.4, -0.2) is 36.2 Å². The number of aromatic carboxylic acids is 1. The molecule has 2 heterocycles. The summed E-state index contributed by atoms with van der Waals surface area (Å²) in [7, 11) is 0. The van der Waals surface area contributed by atoms with Crippen molar-refractivity contribution in [3.05, 3.63) is 78.1 Å². The van der Waals surface area contributed by atoms with Gasteiger partial charge >= 0.3 is 5.97 Å². The minimum atomic E-state index is -0.967. The Morgan fingerprint density at radius 1 is 0.964 bits per heavy atom. The number of aromatic nitrogens is 4. The van der Waals surface area contributed by atoms with Crippen LogP contribution in [0.4, 0.5) is 0 Å². The molecule has 7 nitrogen and oxygen atoms in total. The lowest BCUT2D eigenvalue weighted by Gasteiger charge is -2.07. The summed E-state index contributed by atoms with van der Waals surface area (Å²) in [6.07, 6.45) is 3.50. The van der Waals surface area contributed by atoms with Crippen molar-refractivity contribution in [1.29, 1.82) is 0 Å². The molecule has 2 aromatic carbocycles. The predicted molar refractivity (Wildman–Crippen MR) is 103 cm³/mol. The van der Waals surface area contributed by atoms with Crippen LogP contribution in [0.1, 0.15) is 15.9 Å². The summed E-state index contributed by atoms with van der Waals surface area (Å²) in [6.45, 7) is 1.96. The first-order valence-corrected chi connectivity index (χ1v) is 8.54. The third-order valence-corrected chi connectivity index (χ3v) is 4.41. The lowest BCUT2D eigenvalue weighted by Crippen LogP contribution is -1.99. The molecule has 0 atom stereocenters. The Hall–Kier alpha value is -4.00. The highest BCUT2D eigenvalue weighted by atomic mass is 16.4. The summed E-state index contributed by atoms with van der Waals surface area (Å²) in [5, 5.41) is 26.8. The Labute approximate surface area is 160 Å². The fraction of sp³-hybridized carbons (Fsp3) is 0.0476. The zero-order valence-corrected chi connectivity index (χ0v) is 14.9. The van der Waals surface area contributed by atoms with Crippen molar-refractivity contribution >= 4 is 5.97 Å². The molecule has 0 aliphatic carbocycles. The Morgan fingerprint density at radius 3 is 2.25 bits per heavy atom. The van der Waals surface area contributed by atoms with E-state index in [0.717, 1.165) is 28.1 Å². The molecule has 0 saturated heterocycles. The van der Waals surface area contributed by atoms with Crippen LogP contribution in [-0.2, 0) is 0 Å². The van der Waals surface area contributed by atoms with Gasteiger partial charge in [-0.3, -0.25) is 4.98 Å². The monoisotopic (exact) mass is 372 g/mol. The second-order valence-corrected chi connectivity index (χ2v) is 6.33. The number of aryl methyl sites for hydroxylation is 1. The number of carboxylic acid groups (broad SMARTS) is 1. The number of carbonyl (C=O) groups is 1. The molecule has 0 unspecified atom stereocenters. The van der Waals surface area contributed by atoms with Crippen LogP contribution in [0.15, 0.2) is 67.0 Å². The van der Waals surface area contributed by atoms with Crippen molar-refractivity contribution in [1.82, 2.24) is 20.0 Å². The molecule has 0 radical (unpaired) electrons. The van der Waals surface area contributed by atoms with E-state index in [1.165, 1.54) is 12.1 Å². The number of benzene rings is 2. The number of hydrogen-bond donors (Lipinski definition) is 2. The number of aromatic hydroxyl groups is 1. The molecule has 0 saturated carbocycles. The van der Waals surface area contributed by atoms with E-state index in [1.54, 1.807) is 41.3 Å². The SMILES string of the molecule is Cc1cc(-c2ccc(O)cc2)ncc1-n1cc(-c2ccc(C(=O)O)cc2)nn1. The highest BCUT2D eigenvalue weighted by Crippen LogP contribution is 2.24. The third kappa shape index (κ3) is 3.33. The standard InChI is InChI=1S/C21H16N4O3/c1-13-10-18(14-6-8-17(26)9-7-14)22-11-20(13)25-12-19(23-24-25)15-2-4-16(5-3-15)21(27)28/h2-12,26H,1H3,(H,27,28). The van der Waals surface area contributed by atoms with Crippen LogP contribution in [0, 0.1) is 6.92 Å². The van der Waals surface area contributed by atoms with Gasteiger partial charge < -0.3 is 10.2 Å². The van der Waals surface area contributed by atoms with E-state index in [-0.39, 0.29) is 11.3 Å². The average molecular weight is 372 g/mol. The van der Waals surface area contributed by atoms with Gasteiger partial charge in [0.15, 0.2) is 0 Å². The first kappa shape index (κ1) is 17.4. The van der Waals surface area contributed by atoms with E-state index in [9.17, 15) is 9.90 Å². The molecule has 7 heteroatoms. The summed E-state index contributed by atoms with van der Waals surface area (Å²) >= 11 is 0. The summed E-state index contributed by atoms with van der Waals surface area (Å²) in [4.78, 5) is 15.5. The van der Waals surface area contributed by atoms with Crippen molar-refractivity contribution in [2.45, 2.75) is 6.92 Å². The molecule has 4 rings (SSSR count). The number of carboxylic acids is 1. The van der Waals surface area contributed by atoms with Gasteiger partial charge in [-0.2, -0.15) is 0 Å². The van der Waals surface area contributed by atoms with Crippen molar-refractivity contribution in [2.24, 2.45) is 0 Å². The van der Waals surface area contributed by atoms with Crippen molar-refractivity contribution in [3.8, 4) is 34.0 Å². The van der Waals surface area contributed by atoms with Crippen LogP contribution in [0.3, 0.4) is 0 Å². The summed E-state index contributed by atoms with van der Waals surface area (Å²) in [6, 6.07) is 15.3. The maximum Gasteiger partial charge on any atom is 0.335 e. The number of hydrogen-bond acceptors (Lipinski definition) is 5. The van der Waals surface area contributed by atoms with Gasteiger partial charge in [0, 0.05) is 11.1 Å². The topological polar surface area (TPSA) is 101 Å². The van der Waals surface area contributed by atoms with Gasteiger partial charge in [0.25, 0.3) is 0 Å². The lowest BCUT2D eigenvalue weighted by molar-refractivity contribution is 0.0697. The molecular formula is C21H16N4O3. The zero-order valence-electron chi connectivity index (χ0n) is 14.9. The first-order chi connectivity index (χ1) is 13.5. The maximum absolute atomic E-state index is 11.0. The quantitative estimate of drug-likeness (QED) is 0.566. The smallest absolute Gasteiger partial charge is 0.335 e. The van der Waals surface area contributed by atoms with E-state index < -0.39 is 5.97 Å². The zero-order chi connectivity index (χ0) is 19.7. The van der Waals surface area contributed by atoms with Crippen molar-refractivity contribution in [2.75, 3.05) is 0 Å². The molecule has 0 spiro atoms. The molecule has 4 aromatic rings. The van der Waals surface area contributed by atoms with Gasteiger partial charge in [0.1, 0.15) is 11.4 Å². The molecule has 2 N–H and O–H groups in total. The van der Waals surface area contributed by atoms with E-state index in [1.807, 2.05) is 25.1 Å². The Balaban J connectivity index is 1.63. The van der Waals surface area contributed by atoms with Crippen LogP contribution in [0.2, 0.25) is 0 Å². The van der Waals surface area contributed by atoms with Gasteiger partial charge in [-0.1, -0.05) is 17.3 Å². The predicted octanol–water partition coefficient (Wildman–Crippen LogP) is 3.71. The molecule has 28 heavy (non-hydrogen) atoms. The van der Waals surface area contributed by atoms with Gasteiger partial charge in [0.05, 0.1) is 29.3 Å². The molecule has 0 aliphatic rings. The number of phenolic OH excluding ortho intramolecular Hbond substituents is 1. The highest BCUT2D eigenvalue weighted by Gasteiger charge is 2.10. The fourth-order valence-corrected chi connectivity index (χ4v) is 2.88. The summed E-state index contributed by atoms with van der Waals surface area (Å²) < 4.78 is 1.64. The molecule has 0 aliphatic heterocycles. The number of nitrogens with zero attached hydrogens (tertiary/aromatic N) is 4. The van der Waals surface area contributed by atoms with Gasteiger partial charge in [-0.25, -0.2) is 9.48 Å². The minimum absolute atomic E-state index is 0.212. The van der Waals surface area contributed by atoms with Crippen molar-refractivity contribution in [3.63, 3.8) is 0 Å². The lowest BCUT2D eigenvalue weighted by atomic mass is 10.1. The third-order valence-electron chi connectivity index (χ3n) is 4.41. The van der Waals surface area contributed by atoms with Crippen LogP contribution in [0.5, 0.6) is 5.75 Å². The van der Waals surface area contributed by atoms with Gasteiger partial charge in [-0.05, 0) is 55.0 Å². The van der Waals surface area contributed by atoms with E-state index >= 15 is 0 Å². The van der Waals surface area contributed by atoms with Gasteiger partial charge in [0.2, 0.25) is 0 Å².